The molecule has 2 aromatic heterocycles. The van der Waals surface area contributed by atoms with E-state index in [1.807, 2.05) is 6.07 Å². The number of carboxylic acid groups (broad SMARTS) is 1. The van der Waals surface area contributed by atoms with Gasteiger partial charge in [-0.15, -0.1) is 0 Å². The number of furan rings is 1. The molecule has 0 aliphatic heterocycles. The maximum atomic E-state index is 10.9. The van der Waals surface area contributed by atoms with Crippen LogP contribution in [0.2, 0.25) is 0 Å². The number of benzene rings is 1. The lowest BCUT2D eigenvalue weighted by molar-refractivity contribution is 0.0696. The molecule has 0 spiro atoms. The fourth-order valence-electron chi connectivity index (χ4n) is 1.91. The first-order valence-electron chi connectivity index (χ1n) is 5.97. The highest BCUT2D eigenvalue weighted by molar-refractivity contribution is 5.88. The number of nitrogens with zero attached hydrogens (tertiary/aromatic N) is 2. The first kappa shape index (κ1) is 12.7. The number of para-hydroxylation sites is 1. The molecule has 2 heterocycles. The van der Waals surface area contributed by atoms with Crippen LogP contribution in [-0.4, -0.2) is 16.1 Å². The molecule has 0 fully saturated rings. The first-order chi connectivity index (χ1) is 10.2. The van der Waals surface area contributed by atoms with Crippen molar-refractivity contribution in [2.24, 2.45) is 0 Å². The number of rotatable bonds is 3. The van der Waals surface area contributed by atoms with Crippen LogP contribution in [0.25, 0.3) is 11.0 Å². The Morgan fingerprint density at radius 2 is 2.14 bits per heavy atom. The van der Waals surface area contributed by atoms with Crippen molar-refractivity contribution < 1.29 is 19.1 Å². The fourth-order valence-corrected chi connectivity index (χ4v) is 1.91. The largest absolute Gasteiger partial charge is 0.478 e. The number of ether oxygens (including phenoxy) is 1. The van der Waals surface area contributed by atoms with Gasteiger partial charge in [0.2, 0.25) is 5.76 Å². The van der Waals surface area contributed by atoms with E-state index in [-0.39, 0.29) is 22.8 Å². The van der Waals surface area contributed by atoms with Gasteiger partial charge in [-0.1, -0.05) is 12.1 Å². The predicted octanol–water partition coefficient (Wildman–Crippen LogP) is 3.19. The van der Waals surface area contributed by atoms with Gasteiger partial charge < -0.3 is 14.3 Å². The number of hydrogen-bond donors (Lipinski definition) is 1. The third-order valence-electron chi connectivity index (χ3n) is 2.83. The summed E-state index contributed by atoms with van der Waals surface area (Å²) < 4.78 is 11.0. The molecule has 3 aromatic rings. The van der Waals surface area contributed by atoms with Gasteiger partial charge in [0.25, 0.3) is 0 Å². The van der Waals surface area contributed by atoms with Gasteiger partial charge in [0.1, 0.15) is 17.4 Å². The van der Waals surface area contributed by atoms with Gasteiger partial charge in [-0.2, -0.15) is 5.26 Å². The number of carbonyl (C=O) groups is 1. The summed E-state index contributed by atoms with van der Waals surface area (Å²) in [4.78, 5) is 14.7. The van der Waals surface area contributed by atoms with Crippen LogP contribution in [0.15, 0.2) is 47.1 Å². The van der Waals surface area contributed by atoms with Gasteiger partial charge in [0, 0.05) is 6.20 Å². The van der Waals surface area contributed by atoms with Crippen molar-refractivity contribution in [3.8, 4) is 17.6 Å². The van der Waals surface area contributed by atoms with Crippen molar-refractivity contribution in [2.45, 2.75) is 0 Å². The first-order valence-corrected chi connectivity index (χ1v) is 5.97. The fraction of sp³-hybridized carbons (Fsp3) is 0. The molecule has 0 radical (unpaired) electrons. The molecule has 0 amide bonds. The summed E-state index contributed by atoms with van der Waals surface area (Å²) in [5.41, 5.74) is 0.519. The number of fused-ring (bicyclic) bond motifs is 1. The van der Waals surface area contributed by atoms with E-state index in [0.717, 1.165) is 0 Å². The molecule has 0 saturated carbocycles. The standard InChI is InChI=1S/C15H8N2O4/c16-6-13-14(11-3-1-2-4-12(11)21-13)20-10-5-9(15(18)19)7-17-8-10/h1-5,7-8H,(H,18,19). The van der Waals surface area contributed by atoms with Gasteiger partial charge >= 0.3 is 5.97 Å². The molecule has 3 rings (SSSR count). The van der Waals surface area contributed by atoms with Gasteiger partial charge in [-0.25, -0.2) is 4.79 Å². The Morgan fingerprint density at radius 3 is 2.90 bits per heavy atom. The molecule has 6 nitrogen and oxygen atoms in total. The maximum absolute atomic E-state index is 10.9. The summed E-state index contributed by atoms with van der Waals surface area (Å²) in [5.74, 6) is -0.613. The zero-order chi connectivity index (χ0) is 14.8. The molecule has 0 unspecified atom stereocenters. The molecule has 1 aromatic carbocycles. The summed E-state index contributed by atoms with van der Waals surface area (Å²) in [6.45, 7) is 0. The minimum absolute atomic E-state index is 0.00110. The monoisotopic (exact) mass is 280 g/mol. The molecule has 0 atom stereocenters. The van der Waals surface area contributed by atoms with E-state index < -0.39 is 5.97 Å². The summed E-state index contributed by atoms with van der Waals surface area (Å²) in [7, 11) is 0. The maximum Gasteiger partial charge on any atom is 0.337 e. The van der Waals surface area contributed by atoms with Gasteiger partial charge in [0.15, 0.2) is 5.75 Å². The molecule has 0 aliphatic carbocycles. The number of nitriles is 1. The van der Waals surface area contributed by atoms with Crippen LogP contribution < -0.4 is 4.74 Å². The number of pyridine rings is 1. The summed E-state index contributed by atoms with van der Waals surface area (Å²) in [5, 5.41) is 18.7. The highest BCUT2D eigenvalue weighted by Gasteiger charge is 2.16. The molecule has 0 aliphatic rings. The van der Waals surface area contributed by atoms with E-state index >= 15 is 0 Å². The van der Waals surface area contributed by atoms with Crippen LogP contribution in [0.4, 0.5) is 0 Å². The van der Waals surface area contributed by atoms with E-state index in [2.05, 4.69) is 4.98 Å². The van der Waals surface area contributed by atoms with Gasteiger partial charge in [-0.05, 0) is 18.2 Å². The normalized spacial score (nSPS) is 10.2. The Labute approximate surface area is 118 Å². The van der Waals surface area contributed by atoms with Gasteiger partial charge in [-0.3, -0.25) is 4.98 Å². The average Bonchev–Trinajstić information content (AvgIpc) is 2.86. The molecule has 0 saturated heterocycles. The van der Waals surface area contributed by atoms with Crippen molar-refractivity contribution in [3.05, 3.63) is 54.0 Å². The second-order valence-electron chi connectivity index (χ2n) is 4.18. The highest BCUT2D eigenvalue weighted by Crippen LogP contribution is 2.35. The van der Waals surface area contributed by atoms with Crippen LogP contribution in [0.1, 0.15) is 16.1 Å². The Kier molecular flexibility index (Phi) is 3.01. The average molecular weight is 280 g/mol. The zero-order valence-electron chi connectivity index (χ0n) is 10.6. The quantitative estimate of drug-likeness (QED) is 0.791. The van der Waals surface area contributed by atoms with Gasteiger partial charge in [0.05, 0.1) is 17.1 Å². The van der Waals surface area contributed by atoms with Crippen LogP contribution in [-0.2, 0) is 0 Å². The molecule has 21 heavy (non-hydrogen) atoms. The molecule has 1 N–H and O–H groups in total. The van der Waals surface area contributed by atoms with Crippen molar-refractivity contribution in [1.82, 2.24) is 4.98 Å². The van der Waals surface area contributed by atoms with Crippen LogP contribution in [0.5, 0.6) is 11.5 Å². The second kappa shape index (κ2) is 4.98. The number of aromatic carboxylic acids is 1. The molecular weight excluding hydrogens is 272 g/mol. The molecule has 0 bridgehead atoms. The highest BCUT2D eigenvalue weighted by atomic mass is 16.5. The Bertz CT molecular complexity index is 877. The molecule has 102 valence electrons. The smallest absolute Gasteiger partial charge is 0.337 e. The van der Waals surface area contributed by atoms with Crippen LogP contribution >= 0.6 is 0 Å². The SMILES string of the molecule is N#Cc1oc2ccccc2c1Oc1cncc(C(=O)O)c1. The van der Waals surface area contributed by atoms with E-state index in [0.29, 0.717) is 11.0 Å². The third kappa shape index (κ3) is 2.28. The van der Waals surface area contributed by atoms with Crippen LogP contribution in [0.3, 0.4) is 0 Å². The number of carboxylic acids is 1. The van der Waals surface area contributed by atoms with E-state index in [1.165, 1.54) is 18.5 Å². The number of hydrogen-bond acceptors (Lipinski definition) is 5. The topological polar surface area (TPSA) is 96.4 Å². The van der Waals surface area contributed by atoms with Crippen molar-refractivity contribution in [1.29, 1.82) is 5.26 Å². The third-order valence-corrected chi connectivity index (χ3v) is 2.83. The van der Waals surface area contributed by atoms with Crippen molar-refractivity contribution in [3.63, 3.8) is 0 Å². The molecular formula is C15H8N2O4. The Balaban J connectivity index is 2.08. The van der Waals surface area contributed by atoms with Crippen molar-refractivity contribution >= 4 is 16.9 Å². The lowest BCUT2D eigenvalue weighted by atomic mass is 10.2. The predicted molar refractivity (Wildman–Crippen MR) is 72.2 cm³/mol. The summed E-state index contributed by atoms with van der Waals surface area (Å²) >= 11 is 0. The summed E-state index contributed by atoms with van der Waals surface area (Å²) in [6.07, 6.45) is 2.59. The Morgan fingerprint density at radius 1 is 1.33 bits per heavy atom. The van der Waals surface area contributed by atoms with E-state index in [9.17, 15) is 4.79 Å². The van der Waals surface area contributed by atoms with Crippen LogP contribution in [0, 0.1) is 11.3 Å². The Hall–Kier alpha value is -3.33. The second-order valence-corrected chi connectivity index (χ2v) is 4.18. The minimum Gasteiger partial charge on any atom is -0.478 e. The van der Waals surface area contributed by atoms with E-state index in [4.69, 9.17) is 19.5 Å². The summed E-state index contributed by atoms with van der Waals surface area (Å²) in [6, 6.07) is 10.3. The lowest BCUT2D eigenvalue weighted by Gasteiger charge is -2.04. The number of aromatic nitrogens is 1. The minimum atomic E-state index is -1.11. The molecule has 6 heteroatoms. The lowest BCUT2D eigenvalue weighted by Crippen LogP contribution is -1.97. The van der Waals surface area contributed by atoms with Crippen molar-refractivity contribution in [2.75, 3.05) is 0 Å². The van der Waals surface area contributed by atoms with E-state index in [1.54, 1.807) is 24.3 Å². The zero-order valence-corrected chi connectivity index (χ0v) is 10.6.